The van der Waals surface area contributed by atoms with Gasteiger partial charge in [0, 0.05) is 29.6 Å². The standard InChI is InChI=1S/C24H30BrFO5/c1-13-9-18-17-6-5-15-10-16(28)7-8-21(15,3)23(17,26)19(29)11-22(18,4)24(13,20(30)12-25)31-14(2)27/h7-8,10,13,17-19,29H,5-6,9,11-12H2,1-4H3/t13?,17-,18-,19?,21-,22-,23-,24-/m0/s1. The molecule has 0 aliphatic heterocycles. The predicted molar refractivity (Wildman–Crippen MR) is 116 cm³/mol. The van der Waals surface area contributed by atoms with E-state index in [0.717, 1.165) is 5.57 Å². The van der Waals surface area contributed by atoms with Crippen LogP contribution in [0.2, 0.25) is 0 Å². The number of aliphatic hydroxyl groups excluding tert-OH is 1. The zero-order chi connectivity index (χ0) is 23.0. The minimum atomic E-state index is -1.97. The van der Waals surface area contributed by atoms with E-state index in [1.54, 1.807) is 13.0 Å². The Morgan fingerprint density at radius 3 is 2.61 bits per heavy atom. The number of hydrogen-bond acceptors (Lipinski definition) is 5. The summed E-state index contributed by atoms with van der Waals surface area (Å²) in [5, 5.41) is 11.4. The van der Waals surface area contributed by atoms with Gasteiger partial charge in [-0.15, -0.1) is 0 Å². The molecule has 4 aliphatic rings. The number of esters is 1. The van der Waals surface area contributed by atoms with Crippen molar-refractivity contribution in [1.82, 2.24) is 0 Å². The summed E-state index contributed by atoms with van der Waals surface area (Å²) in [6.45, 7) is 6.81. The van der Waals surface area contributed by atoms with Gasteiger partial charge in [0.15, 0.2) is 22.8 Å². The molecule has 1 N–H and O–H groups in total. The number of carbonyl (C=O) groups is 3. The average molecular weight is 497 g/mol. The summed E-state index contributed by atoms with van der Waals surface area (Å²) in [6, 6.07) is 0. The van der Waals surface area contributed by atoms with Gasteiger partial charge >= 0.3 is 5.97 Å². The van der Waals surface area contributed by atoms with Crippen LogP contribution < -0.4 is 0 Å². The number of allylic oxidation sites excluding steroid dienone is 4. The molecule has 3 fully saturated rings. The van der Waals surface area contributed by atoms with Crippen LogP contribution >= 0.6 is 15.9 Å². The van der Waals surface area contributed by atoms with Crippen molar-refractivity contribution >= 4 is 33.5 Å². The number of halogens is 2. The normalized spacial score (nSPS) is 48.4. The molecule has 0 aromatic rings. The molecule has 2 unspecified atom stereocenters. The molecule has 0 aromatic carbocycles. The summed E-state index contributed by atoms with van der Waals surface area (Å²) in [6.07, 6.45) is 4.72. The van der Waals surface area contributed by atoms with Gasteiger partial charge in [-0.1, -0.05) is 41.4 Å². The Labute approximate surface area is 190 Å². The number of Topliss-reactive ketones (excluding diaryl/α,β-unsaturated/α-hetero) is 1. The van der Waals surface area contributed by atoms with Gasteiger partial charge in [-0.05, 0) is 50.7 Å². The largest absolute Gasteiger partial charge is 0.450 e. The van der Waals surface area contributed by atoms with Gasteiger partial charge in [0.05, 0.1) is 11.4 Å². The van der Waals surface area contributed by atoms with E-state index in [1.165, 1.54) is 19.1 Å². The molecule has 0 aromatic heterocycles. The molecule has 4 aliphatic carbocycles. The van der Waals surface area contributed by atoms with E-state index in [9.17, 15) is 19.5 Å². The van der Waals surface area contributed by atoms with Gasteiger partial charge in [0.1, 0.15) is 0 Å². The van der Waals surface area contributed by atoms with E-state index < -0.39 is 40.1 Å². The van der Waals surface area contributed by atoms with Crippen molar-refractivity contribution < 1.29 is 28.6 Å². The second-order valence-corrected chi connectivity index (χ2v) is 10.8. The third-order valence-corrected chi connectivity index (χ3v) is 9.53. The number of fused-ring (bicyclic) bond motifs is 5. The summed E-state index contributed by atoms with van der Waals surface area (Å²) in [4.78, 5) is 37.3. The zero-order valence-electron chi connectivity index (χ0n) is 18.4. The Balaban J connectivity index is 1.86. The Bertz CT molecular complexity index is 914. The number of rotatable bonds is 3. The quantitative estimate of drug-likeness (QED) is 0.473. The first kappa shape index (κ1) is 22.8. The lowest BCUT2D eigenvalue weighted by Crippen LogP contribution is -2.70. The summed E-state index contributed by atoms with van der Waals surface area (Å²) in [5.74, 6) is -2.03. The van der Waals surface area contributed by atoms with Crippen molar-refractivity contribution in [2.24, 2.45) is 28.6 Å². The summed E-state index contributed by atoms with van der Waals surface area (Å²) in [5.41, 5.74) is -4.64. The van der Waals surface area contributed by atoms with E-state index in [-0.39, 0.29) is 35.2 Å². The molecule has 4 rings (SSSR count). The molecule has 0 heterocycles. The molecule has 8 atom stereocenters. The lowest BCUT2D eigenvalue weighted by molar-refractivity contribution is -0.226. The molecule has 0 bridgehead atoms. The van der Waals surface area contributed by atoms with Gasteiger partial charge in [-0.2, -0.15) is 0 Å². The summed E-state index contributed by atoms with van der Waals surface area (Å²) < 4.78 is 23.0. The first-order valence-electron chi connectivity index (χ1n) is 11.0. The van der Waals surface area contributed by atoms with Gasteiger partial charge in [-0.25, -0.2) is 4.39 Å². The third-order valence-electron chi connectivity index (χ3n) is 9.02. The fourth-order valence-corrected chi connectivity index (χ4v) is 8.14. The number of carbonyl (C=O) groups excluding carboxylic acids is 3. The maximum Gasteiger partial charge on any atom is 0.303 e. The molecule has 0 spiro atoms. The highest BCUT2D eigenvalue weighted by molar-refractivity contribution is 9.09. The Morgan fingerprint density at radius 2 is 2.00 bits per heavy atom. The minimum Gasteiger partial charge on any atom is -0.450 e. The lowest BCUT2D eigenvalue weighted by Gasteiger charge is -2.62. The Kier molecular flexibility index (Phi) is 5.21. The van der Waals surface area contributed by atoms with Crippen molar-refractivity contribution in [2.75, 3.05) is 5.33 Å². The highest BCUT2D eigenvalue weighted by atomic mass is 79.9. The minimum absolute atomic E-state index is 0.00564. The molecule has 0 radical (unpaired) electrons. The molecule has 7 heteroatoms. The van der Waals surface area contributed by atoms with Crippen molar-refractivity contribution in [2.45, 2.75) is 70.8 Å². The highest BCUT2D eigenvalue weighted by Crippen LogP contribution is 2.71. The topological polar surface area (TPSA) is 80.7 Å². The van der Waals surface area contributed by atoms with Crippen LogP contribution in [-0.2, 0) is 19.1 Å². The monoisotopic (exact) mass is 496 g/mol. The van der Waals surface area contributed by atoms with Crippen molar-refractivity contribution in [3.63, 3.8) is 0 Å². The van der Waals surface area contributed by atoms with Gasteiger partial charge in [-0.3, -0.25) is 14.4 Å². The van der Waals surface area contributed by atoms with E-state index in [4.69, 9.17) is 4.74 Å². The van der Waals surface area contributed by atoms with Crippen LogP contribution in [0.15, 0.2) is 23.8 Å². The number of ketones is 2. The number of hydrogen-bond donors (Lipinski definition) is 1. The van der Waals surface area contributed by atoms with Gasteiger partial charge < -0.3 is 9.84 Å². The molecule has 31 heavy (non-hydrogen) atoms. The SMILES string of the molecule is CC(=O)O[C@]1(C(=O)CBr)C(C)C[C@H]2[C@@H]3CCC4=CC(=O)C=C[C@]4(C)[C@@]3(F)C(O)C[C@@]21C. The van der Waals surface area contributed by atoms with Crippen LogP contribution in [0, 0.1) is 28.6 Å². The second kappa shape index (κ2) is 7.08. The molecule has 0 saturated heterocycles. The average Bonchev–Trinajstić information content (AvgIpc) is 2.90. The van der Waals surface area contributed by atoms with Crippen molar-refractivity contribution in [1.29, 1.82) is 0 Å². The van der Waals surface area contributed by atoms with Crippen LogP contribution in [0.25, 0.3) is 0 Å². The van der Waals surface area contributed by atoms with Crippen LogP contribution in [0.1, 0.15) is 53.4 Å². The first-order chi connectivity index (χ1) is 14.4. The maximum atomic E-state index is 17.1. The molecular weight excluding hydrogens is 467 g/mol. The fraction of sp³-hybridized carbons (Fsp3) is 0.708. The van der Waals surface area contributed by atoms with Gasteiger partial charge in [0.25, 0.3) is 0 Å². The maximum absolute atomic E-state index is 17.1. The lowest BCUT2D eigenvalue weighted by atomic mass is 9.44. The van der Waals surface area contributed by atoms with Crippen LogP contribution in [-0.4, -0.2) is 45.3 Å². The molecule has 0 amide bonds. The molecule has 3 saturated carbocycles. The fourth-order valence-electron chi connectivity index (χ4n) is 7.72. The summed E-state index contributed by atoms with van der Waals surface area (Å²) >= 11 is 3.25. The Hall–Kier alpha value is -1.34. The smallest absolute Gasteiger partial charge is 0.303 e. The molecule has 170 valence electrons. The predicted octanol–water partition coefficient (Wildman–Crippen LogP) is 3.87. The first-order valence-corrected chi connectivity index (χ1v) is 12.1. The molecule has 5 nitrogen and oxygen atoms in total. The van der Waals surface area contributed by atoms with E-state index in [0.29, 0.717) is 19.3 Å². The number of aliphatic hydroxyl groups is 1. The Morgan fingerprint density at radius 1 is 1.32 bits per heavy atom. The third kappa shape index (κ3) is 2.65. The van der Waals surface area contributed by atoms with Crippen LogP contribution in [0.3, 0.4) is 0 Å². The van der Waals surface area contributed by atoms with Gasteiger partial charge in [0.2, 0.25) is 0 Å². The van der Waals surface area contributed by atoms with Crippen molar-refractivity contribution in [3.05, 3.63) is 23.8 Å². The summed E-state index contributed by atoms with van der Waals surface area (Å²) in [7, 11) is 0. The van der Waals surface area contributed by atoms with Crippen LogP contribution in [0.5, 0.6) is 0 Å². The van der Waals surface area contributed by atoms with E-state index in [1.807, 2.05) is 13.8 Å². The number of alkyl halides is 2. The van der Waals surface area contributed by atoms with Crippen LogP contribution in [0.4, 0.5) is 4.39 Å². The van der Waals surface area contributed by atoms with Crippen molar-refractivity contribution in [3.8, 4) is 0 Å². The van der Waals surface area contributed by atoms with E-state index >= 15 is 4.39 Å². The second-order valence-electron chi connectivity index (χ2n) is 10.3. The zero-order valence-corrected chi connectivity index (χ0v) is 20.0. The van der Waals surface area contributed by atoms with E-state index in [2.05, 4.69) is 15.9 Å². The highest BCUT2D eigenvalue weighted by Gasteiger charge is 2.76. The number of ether oxygens (including phenoxy) is 1. The molecular formula is C24H30BrFO5.